The highest BCUT2D eigenvalue weighted by atomic mass is 35.5. The monoisotopic (exact) mass is 430 g/mol. The lowest BCUT2D eigenvalue weighted by Crippen LogP contribution is -2.34. The Kier molecular flexibility index (Phi) is 6.54. The smallest absolute Gasteiger partial charge is 0.273 e. The van der Waals surface area contributed by atoms with Gasteiger partial charge in [-0.05, 0) is 61.9 Å². The van der Waals surface area contributed by atoms with Crippen molar-refractivity contribution in [1.82, 2.24) is 4.90 Å². The molecule has 0 radical (unpaired) electrons. The topological polar surface area (TPSA) is 40.6 Å². The van der Waals surface area contributed by atoms with Gasteiger partial charge in [0.2, 0.25) is 0 Å². The zero-order valence-electron chi connectivity index (χ0n) is 15.5. The summed E-state index contributed by atoms with van der Waals surface area (Å²) in [5, 5.41) is 0.523. The van der Waals surface area contributed by atoms with E-state index in [0.29, 0.717) is 15.5 Å². The van der Waals surface area contributed by atoms with Crippen LogP contribution in [0, 0.1) is 0 Å². The predicted octanol–water partition coefficient (Wildman–Crippen LogP) is 5.23. The number of benzene rings is 2. The van der Waals surface area contributed by atoms with Gasteiger partial charge in [0, 0.05) is 29.4 Å². The molecule has 0 spiro atoms. The Morgan fingerprint density at radius 1 is 1.11 bits per heavy atom. The summed E-state index contributed by atoms with van der Waals surface area (Å²) >= 11 is 12.3. The van der Waals surface area contributed by atoms with E-state index in [4.69, 9.17) is 23.8 Å². The van der Waals surface area contributed by atoms with Gasteiger partial charge in [0.25, 0.3) is 11.8 Å². The Balaban J connectivity index is 1.81. The molecular weight excluding hydrogens is 412 g/mol. The molecule has 2 aromatic carbocycles. The number of anilines is 1. The van der Waals surface area contributed by atoms with Gasteiger partial charge in [-0.15, -0.1) is 0 Å². The molecule has 0 aliphatic carbocycles. The Morgan fingerprint density at radius 3 is 2.29 bits per heavy atom. The molecule has 0 N–H and O–H groups in total. The summed E-state index contributed by atoms with van der Waals surface area (Å²) in [5.41, 5.74) is 2.38. The largest absolute Gasteiger partial charge is 0.372 e. The van der Waals surface area contributed by atoms with E-state index in [-0.39, 0.29) is 4.32 Å². The molecule has 3 rings (SSSR count). The highest BCUT2D eigenvalue weighted by Gasteiger charge is 2.37. The Hall–Kier alpha value is -2.15. The summed E-state index contributed by atoms with van der Waals surface area (Å²) in [6, 6.07) is 14.4. The van der Waals surface area contributed by atoms with Crippen LogP contribution in [0.3, 0.4) is 0 Å². The third-order valence-corrected chi connectivity index (χ3v) is 5.96. The molecule has 28 heavy (non-hydrogen) atoms. The molecule has 0 unspecified atom stereocenters. The highest BCUT2D eigenvalue weighted by Crippen LogP contribution is 2.34. The first-order chi connectivity index (χ1) is 13.4. The lowest BCUT2D eigenvalue weighted by molar-refractivity contribution is -0.120. The van der Waals surface area contributed by atoms with Crippen LogP contribution < -0.4 is 4.90 Å². The Labute approximate surface area is 179 Å². The molecule has 7 heteroatoms. The molecule has 4 nitrogen and oxygen atoms in total. The van der Waals surface area contributed by atoms with Crippen LogP contribution in [0.15, 0.2) is 53.4 Å². The first kappa shape index (κ1) is 20.6. The van der Waals surface area contributed by atoms with E-state index in [1.165, 1.54) is 0 Å². The average molecular weight is 431 g/mol. The molecule has 1 fully saturated rings. The second-order valence-electron chi connectivity index (χ2n) is 6.09. The molecule has 1 aliphatic rings. The molecule has 0 bridgehead atoms. The van der Waals surface area contributed by atoms with Gasteiger partial charge in [-0.3, -0.25) is 9.59 Å². The predicted molar refractivity (Wildman–Crippen MR) is 121 cm³/mol. The molecule has 1 aliphatic heterocycles. The van der Waals surface area contributed by atoms with Crippen molar-refractivity contribution >= 4 is 63.5 Å². The van der Waals surface area contributed by atoms with Gasteiger partial charge in [0.15, 0.2) is 4.32 Å². The summed E-state index contributed by atoms with van der Waals surface area (Å²) in [6.07, 6.45) is 1.76. The zero-order chi connectivity index (χ0) is 20.3. The number of hydrogen-bond acceptors (Lipinski definition) is 5. The molecular formula is C21H19ClN2O2S2. The van der Waals surface area contributed by atoms with Gasteiger partial charge in [-0.1, -0.05) is 47.7 Å². The van der Waals surface area contributed by atoms with Crippen LogP contribution in [0.2, 0.25) is 5.02 Å². The van der Waals surface area contributed by atoms with Crippen molar-refractivity contribution in [2.45, 2.75) is 13.8 Å². The van der Waals surface area contributed by atoms with Crippen molar-refractivity contribution in [3.05, 3.63) is 69.6 Å². The van der Waals surface area contributed by atoms with E-state index in [9.17, 15) is 9.59 Å². The molecule has 0 aromatic heterocycles. The number of nitrogens with zero attached hydrogens (tertiary/aromatic N) is 2. The van der Waals surface area contributed by atoms with Gasteiger partial charge in [-0.25, -0.2) is 4.90 Å². The first-order valence-corrected chi connectivity index (χ1v) is 10.5. The van der Waals surface area contributed by atoms with E-state index in [1.807, 2.05) is 24.3 Å². The number of imide groups is 1. The minimum atomic E-state index is -0.445. The number of rotatable bonds is 5. The van der Waals surface area contributed by atoms with Crippen molar-refractivity contribution in [3.8, 4) is 0 Å². The molecule has 1 heterocycles. The van der Waals surface area contributed by atoms with E-state index in [2.05, 4.69) is 18.7 Å². The van der Waals surface area contributed by atoms with Crippen LogP contribution in [0.4, 0.5) is 5.69 Å². The second-order valence-corrected chi connectivity index (χ2v) is 8.21. The zero-order valence-corrected chi connectivity index (χ0v) is 17.9. The fourth-order valence-electron chi connectivity index (χ4n) is 2.89. The van der Waals surface area contributed by atoms with Crippen LogP contribution >= 0.6 is 35.6 Å². The number of carbonyl (C=O) groups excluding carboxylic acids is 2. The normalized spacial score (nSPS) is 15.4. The molecule has 0 atom stereocenters. The maximum Gasteiger partial charge on any atom is 0.273 e. The van der Waals surface area contributed by atoms with Crippen molar-refractivity contribution in [3.63, 3.8) is 0 Å². The van der Waals surface area contributed by atoms with Crippen molar-refractivity contribution in [2.75, 3.05) is 18.0 Å². The highest BCUT2D eigenvalue weighted by molar-refractivity contribution is 8.26. The van der Waals surface area contributed by atoms with Gasteiger partial charge < -0.3 is 4.90 Å². The number of hydrogen-bond donors (Lipinski definition) is 0. The average Bonchev–Trinajstić information content (AvgIpc) is 2.97. The molecule has 2 amide bonds. The second kappa shape index (κ2) is 8.90. The number of thiocarbonyl (C=S) groups is 1. The summed E-state index contributed by atoms with van der Waals surface area (Å²) in [4.78, 5) is 29.2. The molecule has 2 aromatic rings. The summed E-state index contributed by atoms with van der Waals surface area (Å²) in [7, 11) is 0. The lowest BCUT2D eigenvalue weighted by atomic mass is 10.1. The van der Waals surface area contributed by atoms with E-state index < -0.39 is 11.8 Å². The van der Waals surface area contributed by atoms with E-state index in [0.717, 1.165) is 41.0 Å². The van der Waals surface area contributed by atoms with Gasteiger partial charge in [-0.2, -0.15) is 0 Å². The number of halogens is 1. The Bertz CT molecular complexity index is 936. The molecule has 144 valence electrons. The number of carbonyl (C=O) groups is 2. The fraction of sp³-hybridized carbons (Fsp3) is 0.190. The van der Waals surface area contributed by atoms with Crippen molar-refractivity contribution < 1.29 is 9.59 Å². The van der Waals surface area contributed by atoms with Crippen LogP contribution in [0.5, 0.6) is 0 Å². The maximum atomic E-state index is 12.8. The van der Waals surface area contributed by atoms with Crippen LogP contribution in [0.25, 0.3) is 6.08 Å². The SMILES string of the molecule is CCN(CC)c1ccc(C=C2SC(=S)N(C(=O)c3ccc(Cl)cc3)C2=O)cc1. The molecule has 1 saturated heterocycles. The van der Waals surface area contributed by atoms with E-state index in [1.54, 1.807) is 30.3 Å². The van der Waals surface area contributed by atoms with Crippen LogP contribution in [-0.2, 0) is 4.79 Å². The van der Waals surface area contributed by atoms with E-state index >= 15 is 0 Å². The number of amides is 2. The minimum Gasteiger partial charge on any atom is -0.372 e. The summed E-state index contributed by atoms with van der Waals surface area (Å²) < 4.78 is 0.232. The summed E-state index contributed by atoms with van der Waals surface area (Å²) in [6.45, 7) is 6.09. The fourth-order valence-corrected chi connectivity index (χ4v) is 4.27. The molecule has 0 saturated carbocycles. The standard InChI is InChI=1S/C21H19ClN2O2S2/c1-3-23(4-2)17-11-5-14(6-12-17)13-18-20(26)24(21(27)28-18)19(25)15-7-9-16(22)10-8-15/h5-13H,3-4H2,1-2H3. The number of thioether (sulfide) groups is 1. The Morgan fingerprint density at radius 2 is 1.71 bits per heavy atom. The first-order valence-electron chi connectivity index (χ1n) is 8.87. The van der Waals surface area contributed by atoms with Crippen molar-refractivity contribution in [1.29, 1.82) is 0 Å². The van der Waals surface area contributed by atoms with Gasteiger partial charge >= 0.3 is 0 Å². The summed E-state index contributed by atoms with van der Waals surface area (Å²) in [5.74, 6) is -0.845. The van der Waals surface area contributed by atoms with Crippen LogP contribution in [-0.4, -0.2) is 34.1 Å². The lowest BCUT2D eigenvalue weighted by Gasteiger charge is -2.20. The third kappa shape index (κ3) is 4.29. The minimum absolute atomic E-state index is 0.232. The van der Waals surface area contributed by atoms with Crippen LogP contribution in [0.1, 0.15) is 29.8 Å². The van der Waals surface area contributed by atoms with Gasteiger partial charge in [0.1, 0.15) is 0 Å². The van der Waals surface area contributed by atoms with Crippen molar-refractivity contribution in [2.24, 2.45) is 0 Å². The van der Waals surface area contributed by atoms with Gasteiger partial charge in [0.05, 0.1) is 4.91 Å². The third-order valence-electron chi connectivity index (χ3n) is 4.41. The quantitative estimate of drug-likeness (QED) is 0.369. The maximum absolute atomic E-state index is 12.8.